The third-order valence-electron chi connectivity index (χ3n) is 4.33. The van der Waals surface area contributed by atoms with Gasteiger partial charge in [-0.05, 0) is 30.7 Å². The minimum Gasteiger partial charge on any atom is -0.347 e. The van der Waals surface area contributed by atoms with Crippen molar-refractivity contribution in [3.8, 4) is 0 Å². The summed E-state index contributed by atoms with van der Waals surface area (Å²) in [5.74, 6) is -0.363. The number of carbonyl (C=O) groups is 2. The van der Waals surface area contributed by atoms with Crippen LogP contribution in [0.15, 0.2) is 42.5 Å². The van der Waals surface area contributed by atoms with Gasteiger partial charge in [-0.2, -0.15) is 0 Å². The van der Waals surface area contributed by atoms with Gasteiger partial charge in [0, 0.05) is 23.0 Å². The van der Waals surface area contributed by atoms with Crippen LogP contribution in [-0.2, 0) is 9.59 Å². The molecule has 0 aromatic heterocycles. The predicted molar refractivity (Wildman–Crippen MR) is 98.2 cm³/mol. The number of hydrogen-bond donors (Lipinski definition) is 3. The molecule has 0 bridgehead atoms. The van der Waals surface area contributed by atoms with Crippen LogP contribution in [0, 0.1) is 5.92 Å². The first-order valence-corrected chi connectivity index (χ1v) is 7.94. The highest BCUT2D eigenvalue weighted by molar-refractivity contribution is 6.03. The van der Waals surface area contributed by atoms with E-state index in [1.807, 2.05) is 42.5 Å². The normalized spacial score (nSPS) is 19.5. The fourth-order valence-corrected chi connectivity index (χ4v) is 3.10. The molecule has 2 aromatic carbocycles. The summed E-state index contributed by atoms with van der Waals surface area (Å²) >= 11 is 0. The third-order valence-corrected chi connectivity index (χ3v) is 4.33. The Morgan fingerprint density at radius 3 is 2.58 bits per heavy atom. The van der Waals surface area contributed by atoms with Crippen molar-refractivity contribution in [1.29, 1.82) is 0 Å². The van der Waals surface area contributed by atoms with Crippen LogP contribution in [0.4, 0.5) is 5.69 Å². The largest absolute Gasteiger partial charge is 0.347 e. The summed E-state index contributed by atoms with van der Waals surface area (Å²) in [5.41, 5.74) is 6.57. The van der Waals surface area contributed by atoms with E-state index in [0.717, 1.165) is 29.3 Å². The van der Waals surface area contributed by atoms with Crippen LogP contribution in [0.2, 0.25) is 0 Å². The highest BCUT2D eigenvalue weighted by atomic mass is 35.5. The van der Waals surface area contributed by atoms with Crippen molar-refractivity contribution in [2.75, 3.05) is 11.9 Å². The number of benzene rings is 2. The number of nitrogens with two attached hydrogens (primary N) is 1. The van der Waals surface area contributed by atoms with E-state index < -0.39 is 0 Å². The molecule has 1 saturated carbocycles. The summed E-state index contributed by atoms with van der Waals surface area (Å²) in [6, 6.07) is 13.7. The molecular weight excluding hydrogens is 326 g/mol. The maximum Gasteiger partial charge on any atom is 0.243 e. The Kier molecular flexibility index (Phi) is 6.17. The van der Waals surface area contributed by atoms with Crippen molar-refractivity contribution in [2.24, 2.45) is 11.7 Å². The number of rotatable bonds is 4. The van der Waals surface area contributed by atoms with Gasteiger partial charge < -0.3 is 16.4 Å². The molecule has 2 aromatic rings. The second kappa shape index (κ2) is 8.13. The van der Waals surface area contributed by atoms with Gasteiger partial charge in [-0.25, -0.2) is 0 Å². The van der Waals surface area contributed by atoms with Gasteiger partial charge in [0.15, 0.2) is 0 Å². The van der Waals surface area contributed by atoms with E-state index in [1.54, 1.807) is 0 Å². The van der Waals surface area contributed by atoms with E-state index in [2.05, 4.69) is 10.6 Å². The third kappa shape index (κ3) is 4.24. The molecule has 0 spiro atoms. The first-order valence-electron chi connectivity index (χ1n) is 7.94. The van der Waals surface area contributed by atoms with Gasteiger partial charge >= 0.3 is 0 Å². The lowest BCUT2D eigenvalue weighted by Crippen LogP contribution is -2.36. The fourth-order valence-electron chi connectivity index (χ4n) is 3.10. The van der Waals surface area contributed by atoms with Gasteiger partial charge in [-0.3, -0.25) is 9.59 Å². The first-order chi connectivity index (χ1) is 11.1. The molecule has 1 aliphatic carbocycles. The lowest BCUT2D eigenvalue weighted by Gasteiger charge is -2.12. The van der Waals surface area contributed by atoms with Crippen LogP contribution in [0.1, 0.15) is 19.3 Å². The SMILES string of the molecule is Cl.NC1CCC(C(=O)NCC(=O)Nc2cccc3ccccc23)C1. The van der Waals surface area contributed by atoms with Gasteiger partial charge in [-0.1, -0.05) is 36.4 Å². The molecular formula is C18H22ClN3O2. The maximum absolute atomic E-state index is 12.1. The number of anilines is 1. The summed E-state index contributed by atoms with van der Waals surface area (Å²) in [6.45, 7) is -0.0200. The molecule has 2 atom stereocenters. The van der Waals surface area contributed by atoms with Crippen LogP contribution in [0.5, 0.6) is 0 Å². The number of hydrogen-bond acceptors (Lipinski definition) is 3. The molecule has 2 amide bonds. The molecule has 0 heterocycles. The topological polar surface area (TPSA) is 84.2 Å². The molecule has 5 nitrogen and oxygen atoms in total. The second-order valence-electron chi connectivity index (χ2n) is 6.06. The fraction of sp³-hybridized carbons (Fsp3) is 0.333. The van der Waals surface area contributed by atoms with Crippen LogP contribution in [0.25, 0.3) is 10.8 Å². The van der Waals surface area contributed by atoms with Crippen molar-refractivity contribution in [3.05, 3.63) is 42.5 Å². The summed E-state index contributed by atoms with van der Waals surface area (Å²) < 4.78 is 0. The molecule has 6 heteroatoms. The van der Waals surface area contributed by atoms with Crippen molar-refractivity contribution in [1.82, 2.24) is 5.32 Å². The first kappa shape index (κ1) is 18.2. The minimum absolute atomic E-state index is 0. The Balaban J connectivity index is 0.00000208. The molecule has 1 aliphatic rings. The number of amides is 2. The zero-order valence-corrected chi connectivity index (χ0v) is 14.1. The van der Waals surface area contributed by atoms with Crippen molar-refractivity contribution < 1.29 is 9.59 Å². The lowest BCUT2D eigenvalue weighted by molar-refractivity contribution is -0.127. The highest BCUT2D eigenvalue weighted by Gasteiger charge is 2.27. The Bertz CT molecular complexity index is 730. The molecule has 0 aliphatic heterocycles. The number of halogens is 1. The standard InChI is InChI=1S/C18H21N3O2.ClH/c19-14-9-8-13(10-14)18(23)20-11-17(22)21-16-7-3-5-12-4-1-2-6-15(12)16;/h1-7,13-14H,8-11,19H2,(H,20,23)(H,21,22);1H. The quantitative estimate of drug-likeness (QED) is 0.794. The minimum atomic E-state index is -0.225. The Morgan fingerprint density at radius 1 is 1.08 bits per heavy atom. The Morgan fingerprint density at radius 2 is 1.83 bits per heavy atom. The highest BCUT2D eigenvalue weighted by Crippen LogP contribution is 2.24. The maximum atomic E-state index is 12.1. The van der Waals surface area contributed by atoms with Crippen molar-refractivity contribution >= 4 is 40.7 Å². The summed E-state index contributed by atoms with van der Waals surface area (Å²) in [7, 11) is 0. The Hall–Kier alpha value is -2.11. The van der Waals surface area contributed by atoms with E-state index in [9.17, 15) is 9.59 Å². The summed E-state index contributed by atoms with van der Waals surface area (Å²) in [4.78, 5) is 24.1. The molecule has 128 valence electrons. The zero-order chi connectivity index (χ0) is 16.2. The van der Waals surface area contributed by atoms with Gasteiger partial charge in [0.1, 0.15) is 0 Å². The smallest absolute Gasteiger partial charge is 0.243 e. The predicted octanol–water partition coefficient (Wildman–Crippen LogP) is 2.44. The van der Waals surface area contributed by atoms with E-state index in [4.69, 9.17) is 5.73 Å². The molecule has 4 N–H and O–H groups in total. The van der Waals surface area contributed by atoms with E-state index in [1.165, 1.54) is 0 Å². The van der Waals surface area contributed by atoms with Gasteiger partial charge in [0.05, 0.1) is 6.54 Å². The van der Waals surface area contributed by atoms with Crippen LogP contribution in [0.3, 0.4) is 0 Å². The van der Waals surface area contributed by atoms with Crippen molar-refractivity contribution in [2.45, 2.75) is 25.3 Å². The van der Waals surface area contributed by atoms with E-state index >= 15 is 0 Å². The van der Waals surface area contributed by atoms with E-state index in [-0.39, 0.29) is 42.7 Å². The summed E-state index contributed by atoms with van der Waals surface area (Å²) in [6.07, 6.45) is 2.38. The average Bonchev–Trinajstić information content (AvgIpc) is 2.99. The van der Waals surface area contributed by atoms with Gasteiger partial charge in [0.2, 0.25) is 11.8 Å². The number of carbonyl (C=O) groups excluding carboxylic acids is 2. The number of nitrogens with one attached hydrogen (secondary N) is 2. The zero-order valence-electron chi connectivity index (χ0n) is 13.3. The lowest BCUT2D eigenvalue weighted by atomic mass is 10.1. The average molecular weight is 348 g/mol. The van der Waals surface area contributed by atoms with Crippen LogP contribution < -0.4 is 16.4 Å². The molecule has 3 rings (SSSR count). The molecule has 24 heavy (non-hydrogen) atoms. The van der Waals surface area contributed by atoms with Gasteiger partial charge in [-0.15, -0.1) is 12.4 Å². The molecule has 0 radical (unpaired) electrons. The molecule has 1 fully saturated rings. The van der Waals surface area contributed by atoms with E-state index in [0.29, 0.717) is 6.42 Å². The number of fused-ring (bicyclic) bond motifs is 1. The molecule has 0 saturated heterocycles. The van der Waals surface area contributed by atoms with Gasteiger partial charge in [0.25, 0.3) is 0 Å². The monoisotopic (exact) mass is 347 g/mol. The Labute approximate surface area is 147 Å². The summed E-state index contributed by atoms with van der Waals surface area (Å²) in [5, 5.41) is 7.61. The van der Waals surface area contributed by atoms with Crippen LogP contribution in [-0.4, -0.2) is 24.4 Å². The second-order valence-corrected chi connectivity index (χ2v) is 6.06. The molecule has 2 unspecified atom stereocenters. The van der Waals surface area contributed by atoms with Crippen LogP contribution >= 0.6 is 12.4 Å². The van der Waals surface area contributed by atoms with Crippen molar-refractivity contribution in [3.63, 3.8) is 0 Å².